The van der Waals surface area contributed by atoms with Crippen LogP contribution >= 0.6 is 11.6 Å². The second-order valence-corrected chi connectivity index (χ2v) is 16.7. The molecule has 0 unspecified atom stereocenters. The smallest absolute Gasteiger partial charge is 0.269 e. The number of aromatic nitrogens is 2. The number of benzene rings is 7. The third-order valence-electron chi connectivity index (χ3n) is 11.4. The zero-order valence-electron chi connectivity index (χ0n) is 37.6. The first-order valence-electron chi connectivity index (χ1n) is 20.8. The number of nitro groups is 1. The molecule has 5 N–H and O–H groups in total. The van der Waals surface area contributed by atoms with Gasteiger partial charge in [0.1, 0.15) is 22.7 Å². The van der Waals surface area contributed by atoms with Gasteiger partial charge in [-0.3, -0.25) is 10.1 Å². The number of fused-ring (bicyclic) bond motifs is 2. The number of nitrogens with two attached hydrogens (primary N) is 1. The van der Waals surface area contributed by atoms with E-state index in [1.165, 1.54) is 22.9 Å². The van der Waals surface area contributed by atoms with Crippen molar-refractivity contribution in [1.29, 1.82) is 0 Å². The molecular weight excluding hydrogens is 872 g/mol. The second kappa shape index (κ2) is 17.9. The van der Waals surface area contributed by atoms with Gasteiger partial charge in [0, 0.05) is 17.5 Å². The van der Waals surface area contributed by atoms with Crippen molar-refractivity contribution >= 4 is 90.0 Å². The SMILES string of the molecule is Cc1ccc(-n2nc(C)c(/N=N/c3c(C)cc(/N=N/c4c(C)cc5c(C)c(/N=N/c6cc(C)c7cc(C)c(/N=N/c8ccc([N+](=O)[O-])cc8C)c(O)c7c6N)ccc5c4O)cc3Cl)c2O)cc1. The van der Waals surface area contributed by atoms with Crippen LogP contribution in [-0.4, -0.2) is 30.0 Å². The third-order valence-corrected chi connectivity index (χ3v) is 11.7. The van der Waals surface area contributed by atoms with E-state index in [9.17, 15) is 25.4 Å². The summed E-state index contributed by atoms with van der Waals surface area (Å²) in [6, 6.07) is 24.1. The highest BCUT2D eigenvalue weighted by Crippen LogP contribution is 2.47. The van der Waals surface area contributed by atoms with Crippen LogP contribution in [0.1, 0.15) is 44.6 Å². The summed E-state index contributed by atoms with van der Waals surface area (Å²) in [5, 5.41) is 87.3. The first-order chi connectivity index (χ1) is 31.9. The molecule has 0 radical (unpaired) electrons. The number of nitro benzene ring substituents is 1. The van der Waals surface area contributed by atoms with Gasteiger partial charge in [-0.2, -0.15) is 25.1 Å². The molecule has 18 heteroatoms. The zero-order valence-corrected chi connectivity index (χ0v) is 38.4. The highest BCUT2D eigenvalue weighted by molar-refractivity contribution is 6.33. The van der Waals surface area contributed by atoms with Crippen LogP contribution in [0.25, 0.3) is 27.2 Å². The van der Waals surface area contributed by atoms with Gasteiger partial charge in [-0.25, -0.2) is 0 Å². The number of nitrogens with zero attached hydrogens (tertiary/aromatic N) is 11. The molecule has 0 spiro atoms. The molecule has 1 heterocycles. The lowest BCUT2D eigenvalue weighted by Crippen LogP contribution is -1.95. The van der Waals surface area contributed by atoms with Crippen molar-refractivity contribution in [2.75, 3.05) is 5.73 Å². The van der Waals surface area contributed by atoms with Crippen LogP contribution in [0.4, 0.5) is 56.9 Å². The van der Waals surface area contributed by atoms with Gasteiger partial charge < -0.3 is 21.1 Å². The summed E-state index contributed by atoms with van der Waals surface area (Å²) in [6.07, 6.45) is 0. The minimum atomic E-state index is -0.482. The number of halogens is 1. The molecule has 17 nitrogen and oxygen atoms in total. The molecule has 0 aliphatic rings. The van der Waals surface area contributed by atoms with E-state index in [2.05, 4.69) is 46.0 Å². The molecule has 8 rings (SSSR count). The summed E-state index contributed by atoms with van der Waals surface area (Å²) < 4.78 is 1.40. The summed E-state index contributed by atoms with van der Waals surface area (Å²) in [6.45, 7) is 14.5. The Morgan fingerprint density at radius 1 is 0.582 bits per heavy atom. The number of azo groups is 4. The van der Waals surface area contributed by atoms with Crippen molar-refractivity contribution in [3.8, 4) is 23.1 Å². The zero-order chi connectivity index (χ0) is 48.0. The summed E-state index contributed by atoms with van der Waals surface area (Å²) in [5.41, 5.74) is 15.8. The number of nitrogen functional groups attached to an aromatic ring is 1. The first-order valence-corrected chi connectivity index (χ1v) is 21.2. The van der Waals surface area contributed by atoms with Gasteiger partial charge in [0.05, 0.1) is 49.5 Å². The Kier molecular flexibility index (Phi) is 12.0. The molecule has 336 valence electrons. The fraction of sp³-hybridized carbons (Fsp3) is 0.163. The first kappa shape index (κ1) is 45.1. The topological polar surface area (TPSA) is 247 Å². The van der Waals surface area contributed by atoms with Crippen LogP contribution in [0.3, 0.4) is 0 Å². The number of hydrogen-bond donors (Lipinski definition) is 4. The summed E-state index contributed by atoms with van der Waals surface area (Å²) in [4.78, 5) is 10.7. The molecule has 8 aromatic rings. The fourth-order valence-electron chi connectivity index (χ4n) is 7.69. The lowest BCUT2D eigenvalue weighted by atomic mass is 9.98. The fourth-order valence-corrected chi connectivity index (χ4v) is 7.99. The predicted octanol–water partition coefficient (Wildman–Crippen LogP) is 15.6. The molecule has 7 aromatic carbocycles. The van der Waals surface area contributed by atoms with Crippen LogP contribution in [-0.2, 0) is 0 Å². The van der Waals surface area contributed by atoms with E-state index in [0.717, 1.165) is 22.1 Å². The number of phenolic OH excluding ortho intramolecular Hbond substituents is 2. The summed E-state index contributed by atoms with van der Waals surface area (Å²) in [7, 11) is 0. The minimum Gasteiger partial charge on any atom is -0.505 e. The molecule has 67 heavy (non-hydrogen) atoms. The molecule has 0 amide bonds. The minimum absolute atomic E-state index is 0.0622. The number of aromatic hydroxyl groups is 3. The van der Waals surface area contributed by atoms with E-state index in [-0.39, 0.29) is 50.8 Å². The Morgan fingerprint density at radius 2 is 1.18 bits per heavy atom. The summed E-state index contributed by atoms with van der Waals surface area (Å²) >= 11 is 6.68. The maximum atomic E-state index is 11.5. The van der Waals surface area contributed by atoms with Crippen LogP contribution in [0.2, 0.25) is 5.02 Å². The van der Waals surface area contributed by atoms with Crippen LogP contribution in [0, 0.1) is 65.5 Å². The summed E-state index contributed by atoms with van der Waals surface area (Å²) in [5.74, 6) is -0.414. The van der Waals surface area contributed by atoms with Crippen molar-refractivity contribution in [2.24, 2.45) is 40.9 Å². The standard InChI is InChI=1S/C49H43ClN12O5/c1-23-9-11-32(12-10-23)61-49(65)46(30(8)60-61)59-56-43-26(4)17-31(22-37(43)50)52-57-44-28(6)20-36-29(7)39(16-14-34(36)47(44)63)54-55-40-21-24(2)35-19-27(5)45(48(64)41(35)42(40)51)58-53-38-15-13-33(62(66)67)18-25(38)3/h9-22,63-65H,51H2,1-8H3/b55-54+,57-52+,58-53+,59-56+. The molecule has 0 atom stereocenters. The van der Waals surface area contributed by atoms with Gasteiger partial charge in [-0.15, -0.1) is 25.6 Å². The Bertz CT molecular complexity index is 3470. The van der Waals surface area contributed by atoms with Crippen molar-refractivity contribution in [3.05, 3.63) is 145 Å². The van der Waals surface area contributed by atoms with E-state index in [1.807, 2.05) is 64.1 Å². The van der Waals surface area contributed by atoms with Gasteiger partial charge >= 0.3 is 0 Å². The molecule has 0 aliphatic heterocycles. The molecule has 0 saturated heterocycles. The van der Waals surface area contributed by atoms with Gasteiger partial charge in [0.15, 0.2) is 17.2 Å². The number of rotatable bonds is 10. The van der Waals surface area contributed by atoms with Gasteiger partial charge in [0.2, 0.25) is 5.88 Å². The molecular formula is C49H43ClN12O5. The average molecular weight is 915 g/mol. The van der Waals surface area contributed by atoms with E-state index < -0.39 is 4.92 Å². The second-order valence-electron chi connectivity index (χ2n) is 16.3. The molecule has 0 saturated carbocycles. The van der Waals surface area contributed by atoms with Gasteiger partial charge in [0.25, 0.3) is 5.69 Å². The van der Waals surface area contributed by atoms with Crippen LogP contribution in [0.15, 0.2) is 126 Å². The molecule has 0 bridgehead atoms. The maximum Gasteiger partial charge on any atom is 0.269 e. The Hall–Kier alpha value is -8.44. The van der Waals surface area contributed by atoms with Crippen molar-refractivity contribution in [3.63, 3.8) is 0 Å². The Labute approximate surface area is 388 Å². The van der Waals surface area contributed by atoms with Gasteiger partial charge in [-0.1, -0.05) is 29.3 Å². The van der Waals surface area contributed by atoms with Crippen molar-refractivity contribution < 1.29 is 20.2 Å². The molecule has 1 aromatic heterocycles. The van der Waals surface area contributed by atoms with E-state index >= 15 is 0 Å². The van der Waals surface area contributed by atoms with Crippen LogP contribution < -0.4 is 5.73 Å². The van der Waals surface area contributed by atoms with Crippen LogP contribution in [0.5, 0.6) is 17.4 Å². The normalized spacial score (nSPS) is 12.1. The highest BCUT2D eigenvalue weighted by atomic mass is 35.5. The van der Waals surface area contributed by atoms with Crippen molar-refractivity contribution in [2.45, 2.75) is 55.4 Å². The van der Waals surface area contributed by atoms with Crippen molar-refractivity contribution in [1.82, 2.24) is 9.78 Å². The molecule has 0 fully saturated rings. The largest absolute Gasteiger partial charge is 0.505 e. The monoisotopic (exact) mass is 914 g/mol. The number of phenols is 2. The lowest BCUT2D eigenvalue weighted by Gasteiger charge is -2.14. The number of anilines is 1. The Balaban J connectivity index is 1.04. The molecule has 0 aliphatic carbocycles. The third kappa shape index (κ3) is 8.62. The van der Waals surface area contributed by atoms with E-state index in [1.54, 1.807) is 58.0 Å². The maximum absolute atomic E-state index is 11.5. The van der Waals surface area contributed by atoms with E-state index in [4.69, 9.17) is 17.3 Å². The number of hydrogen-bond acceptors (Lipinski definition) is 15. The van der Waals surface area contributed by atoms with Gasteiger partial charge in [-0.05, 0) is 160 Å². The lowest BCUT2D eigenvalue weighted by molar-refractivity contribution is -0.384. The average Bonchev–Trinajstić information content (AvgIpc) is 3.56. The Morgan fingerprint density at radius 3 is 1.87 bits per heavy atom. The quantitative estimate of drug-likeness (QED) is 0.0447. The highest BCUT2D eigenvalue weighted by Gasteiger charge is 2.20. The number of aryl methyl sites for hydroxylation is 8. The number of non-ortho nitro benzene ring substituents is 1. The predicted molar refractivity (Wildman–Crippen MR) is 260 cm³/mol. The van der Waals surface area contributed by atoms with E-state index in [0.29, 0.717) is 78.2 Å².